The Labute approximate surface area is 129 Å². The Morgan fingerprint density at radius 2 is 1.90 bits per heavy atom. The van der Waals surface area contributed by atoms with Crippen LogP contribution in [-0.2, 0) is 5.88 Å². The molecule has 0 aliphatic carbocycles. The number of benzene rings is 1. The standard InChI is InChI=1S/C14H8Cl3FN2/c15-6-12-14(8-1-3-10(16)11(17)5-8)19-13-4-2-9(18)7-20(12)13/h1-5,7H,6H2. The SMILES string of the molecule is Fc1ccc2nc(-c3ccc(Cl)c(Cl)c3)c(CCl)n2c1. The van der Waals surface area contributed by atoms with E-state index in [1.165, 1.54) is 12.3 Å². The number of fused-ring (bicyclic) bond motifs is 1. The van der Waals surface area contributed by atoms with Crippen LogP contribution in [0, 0.1) is 5.82 Å². The van der Waals surface area contributed by atoms with E-state index in [4.69, 9.17) is 34.8 Å². The second-order valence-corrected chi connectivity index (χ2v) is 5.33. The van der Waals surface area contributed by atoms with Crippen molar-refractivity contribution in [3.05, 3.63) is 58.1 Å². The first-order chi connectivity index (χ1) is 9.60. The number of halogens is 4. The lowest BCUT2D eigenvalue weighted by Gasteiger charge is -2.03. The molecule has 0 bridgehead atoms. The summed E-state index contributed by atoms with van der Waals surface area (Å²) in [6.45, 7) is 0. The Balaban J connectivity index is 2.27. The molecule has 0 spiro atoms. The van der Waals surface area contributed by atoms with Crippen molar-refractivity contribution in [3.8, 4) is 11.3 Å². The quantitative estimate of drug-likeness (QED) is 0.592. The topological polar surface area (TPSA) is 17.3 Å². The summed E-state index contributed by atoms with van der Waals surface area (Å²) in [6.07, 6.45) is 1.36. The molecule has 0 unspecified atom stereocenters. The van der Waals surface area contributed by atoms with Crippen molar-refractivity contribution in [3.63, 3.8) is 0 Å². The maximum Gasteiger partial charge on any atom is 0.139 e. The largest absolute Gasteiger partial charge is 0.299 e. The second kappa shape index (κ2) is 5.24. The molecule has 2 aromatic heterocycles. The van der Waals surface area contributed by atoms with E-state index in [1.807, 2.05) is 6.07 Å². The third-order valence-electron chi connectivity index (χ3n) is 3.00. The molecule has 0 saturated carbocycles. The van der Waals surface area contributed by atoms with Crippen molar-refractivity contribution in [1.29, 1.82) is 0 Å². The molecule has 2 nitrogen and oxygen atoms in total. The van der Waals surface area contributed by atoms with Gasteiger partial charge in [0.25, 0.3) is 0 Å². The van der Waals surface area contributed by atoms with Gasteiger partial charge in [0.15, 0.2) is 0 Å². The minimum absolute atomic E-state index is 0.209. The van der Waals surface area contributed by atoms with Crippen molar-refractivity contribution in [2.24, 2.45) is 0 Å². The average molecular weight is 330 g/mol. The first-order valence-corrected chi connectivity index (χ1v) is 7.07. The van der Waals surface area contributed by atoms with E-state index in [-0.39, 0.29) is 11.7 Å². The summed E-state index contributed by atoms with van der Waals surface area (Å²) in [5.41, 5.74) is 2.80. The third kappa shape index (κ3) is 2.26. The monoisotopic (exact) mass is 328 g/mol. The van der Waals surface area contributed by atoms with Crippen LogP contribution in [0.5, 0.6) is 0 Å². The first-order valence-electron chi connectivity index (χ1n) is 5.78. The lowest BCUT2D eigenvalue weighted by Crippen LogP contribution is -1.92. The van der Waals surface area contributed by atoms with Gasteiger partial charge in [-0.1, -0.05) is 29.3 Å². The van der Waals surface area contributed by atoms with Crippen molar-refractivity contribution in [2.75, 3.05) is 0 Å². The summed E-state index contributed by atoms with van der Waals surface area (Å²) in [7, 11) is 0. The van der Waals surface area contributed by atoms with Gasteiger partial charge in [-0.25, -0.2) is 9.37 Å². The van der Waals surface area contributed by atoms with Crippen molar-refractivity contribution >= 4 is 40.4 Å². The summed E-state index contributed by atoms with van der Waals surface area (Å²) in [5, 5.41) is 0.908. The molecule has 3 aromatic rings. The molecular weight excluding hydrogens is 322 g/mol. The molecular formula is C14H8Cl3FN2. The van der Waals surface area contributed by atoms with E-state index in [1.54, 1.807) is 22.6 Å². The van der Waals surface area contributed by atoms with Crippen molar-refractivity contribution < 1.29 is 4.39 Å². The maximum atomic E-state index is 13.4. The second-order valence-electron chi connectivity index (χ2n) is 4.25. The zero-order valence-corrected chi connectivity index (χ0v) is 12.3. The smallest absolute Gasteiger partial charge is 0.139 e. The van der Waals surface area contributed by atoms with Gasteiger partial charge in [-0.3, -0.25) is 4.40 Å². The number of aromatic nitrogens is 2. The Hall–Kier alpha value is -1.29. The number of hydrogen-bond acceptors (Lipinski definition) is 1. The summed E-state index contributed by atoms with van der Waals surface area (Å²) < 4.78 is 15.0. The van der Waals surface area contributed by atoms with E-state index in [9.17, 15) is 4.39 Å². The molecule has 0 saturated heterocycles. The molecule has 0 radical (unpaired) electrons. The zero-order valence-electron chi connectivity index (χ0n) is 10.1. The summed E-state index contributed by atoms with van der Waals surface area (Å²) in [6, 6.07) is 8.19. The Bertz CT molecular complexity index is 798. The van der Waals surface area contributed by atoms with E-state index < -0.39 is 0 Å². The van der Waals surface area contributed by atoms with E-state index in [0.717, 1.165) is 5.56 Å². The molecule has 2 heterocycles. The van der Waals surface area contributed by atoms with Gasteiger partial charge in [0.05, 0.1) is 27.3 Å². The number of imidazole rings is 1. The summed E-state index contributed by atoms with van der Waals surface area (Å²) >= 11 is 17.9. The zero-order chi connectivity index (χ0) is 14.3. The highest BCUT2D eigenvalue weighted by Gasteiger charge is 2.14. The predicted molar refractivity (Wildman–Crippen MR) is 80.2 cm³/mol. The fourth-order valence-corrected chi connectivity index (χ4v) is 2.62. The number of rotatable bonds is 2. The van der Waals surface area contributed by atoms with Crippen LogP contribution >= 0.6 is 34.8 Å². The molecule has 0 aliphatic heterocycles. The summed E-state index contributed by atoms with van der Waals surface area (Å²) in [5.74, 6) is -0.137. The van der Waals surface area contributed by atoms with Gasteiger partial charge in [-0.05, 0) is 24.3 Å². The van der Waals surface area contributed by atoms with Gasteiger partial charge in [0, 0.05) is 11.8 Å². The lowest BCUT2D eigenvalue weighted by molar-refractivity contribution is 0.618. The van der Waals surface area contributed by atoms with Gasteiger partial charge in [-0.15, -0.1) is 11.6 Å². The maximum absolute atomic E-state index is 13.4. The van der Waals surface area contributed by atoms with Crippen LogP contribution in [-0.4, -0.2) is 9.38 Å². The predicted octanol–water partition coefficient (Wildman–Crippen LogP) is 5.19. The fourth-order valence-electron chi connectivity index (χ4n) is 2.07. The fraction of sp³-hybridized carbons (Fsp3) is 0.0714. The Morgan fingerprint density at radius 1 is 1.10 bits per heavy atom. The average Bonchev–Trinajstić information content (AvgIpc) is 2.79. The van der Waals surface area contributed by atoms with Gasteiger partial charge >= 0.3 is 0 Å². The van der Waals surface area contributed by atoms with E-state index >= 15 is 0 Å². The molecule has 0 atom stereocenters. The van der Waals surface area contributed by atoms with Gasteiger partial charge in [-0.2, -0.15) is 0 Å². The molecule has 20 heavy (non-hydrogen) atoms. The molecule has 102 valence electrons. The number of alkyl halides is 1. The number of pyridine rings is 1. The van der Waals surface area contributed by atoms with Gasteiger partial charge in [0.2, 0.25) is 0 Å². The van der Waals surface area contributed by atoms with Crippen LogP contribution in [0.3, 0.4) is 0 Å². The minimum atomic E-state index is -0.345. The van der Waals surface area contributed by atoms with Crippen LogP contribution in [0.25, 0.3) is 16.9 Å². The number of hydrogen-bond donors (Lipinski definition) is 0. The van der Waals surface area contributed by atoms with Crippen molar-refractivity contribution in [2.45, 2.75) is 5.88 Å². The Morgan fingerprint density at radius 3 is 2.60 bits per heavy atom. The van der Waals surface area contributed by atoms with Gasteiger partial charge in [0.1, 0.15) is 11.5 Å². The molecule has 3 rings (SSSR count). The highest BCUT2D eigenvalue weighted by molar-refractivity contribution is 6.42. The normalized spacial score (nSPS) is 11.2. The minimum Gasteiger partial charge on any atom is -0.299 e. The molecule has 0 N–H and O–H groups in total. The van der Waals surface area contributed by atoms with Crippen LogP contribution in [0.2, 0.25) is 10.0 Å². The highest BCUT2D eigenvalue weighted by atomic mass is 35.5. The molecule has 6 heteroatoms. The van der Waals surface area contributed by atoms with Crippen LogP contribution in [0.15, 0.2) is 36.5 Å². The van der Waals surface area contributed by atoms with Crippen LogP contribution in [0.1, 0.15) is 5.69 Å². The lowest BCUT2D eigenvalue weighted by atomic mass is 10.1. The van der Waals surface area contributed by atoms with E-state index in [0.29, 0.717) is 27.1 Å². The molecule has 0 aliphatic rings. The Kier molecular flexibility index (Phi) is 3.59. The first kappa shape index (κ1) is 13.7. The molecule has 0 amide bonds. The summed E-state index contributed by atoms with van der Waals surface area (Å²) in [4.78, 5) is 4.48. The molecule has 0 fully saturated rings. The van der Waals surface area contributed by atoms with E-state index in [2.05, 4.69) is 4.98 Å². The third-order valence-corrected chi connectivity index (χ3v) is 3.99. The number of nitrogens with zero attached hydrogens (tertiary/aromatic N) is 2. The molecule has 1 aromatic carbocycles. The van der Waals surface area contributed by atoms with Crippen LogP contribution < -0.4 is 0 Å². The highest BCUT2D eigenvalue weighted by Crippen LogP contribution is 2.31. The van der Waals surface area contributed by atoms with Crippen molar-refractivity contribution in [1.82, 2.24) is 9.38 Å². The van der Waals surface area contributed by atoms with Gasteiger partial charge < -0.3 is 0 Å². The van der Waals surface area contributed by atoms with Crippen LogP contribution in [0.4, 0.5) is 4.39 Å².